The SMILES string of the molecule is C/C(C=O)=C(\C)C(=CN(C)C)c1cc(C)c(CN2CCN(Cc3cccc4c3CCNC4C(C)C)C3(CC3)C2)c(C(C)C)c1. The number of aryl methyl sites for hydroxylation is 1. The lowest BCUT2D eigenvalue weighted by molar-refractivity contribution is -0.104. The molecule has 1 atom stereocenters. The molecule has 1 aliphatic carbocycles. The number of aldehydes is 1. The van der Waals surface area contributed by atoms with Crippen LogP contribution in [0.2, 0.25) is 0 Å². The number of carbonyl (C=O) groups excluding carboxylic acids is 1. The van der Waals surface area contributed by atoms with Crippen molar-refractivity contribution in [3.8, 4) is 0 Å². The van der Waals surface area contributed by atoms with Gasteiger partial charge in [0.05, 0.1) is 0 Å². The van der Waals surface area contributed by atoms with E-state index in [1.54, 1.807) is 11.1 Å². The average Bonchev–Trinajstić information content (AvgIpc) is 3.76. The Morgan fingerprint density at radius 2 is 1.84 bits per heavy atom. The number of rotatable bonds is 10. The molecule has 2 fully saturated rings. The van der Waals surface area contributed by atoms with Crippen molar-refractivity contribution in [3.05, 3.63) is 86.6 Å². The molecule has 1 saturated carbocycles. The van der Waals surface area contributed by atoms with Gasteiger partial charge in [0.1, 0.15) is 6.29 Å². The summed E-state index contributed by atoms with van der Waals surface area (Å²) in [5.74, 6) is 1.03. The molecule has 5 rings (SSSR count). The van der Waals surface area contributed by atoms with Crippen LogP contribution in [0.15, 0.2) is 47.7 Å². The van der Waals surface area contributed by atoms with E-state index in [2.05, 4.69) is 98.1 Å². The second-order valence-corrected chi connectivity index (χ2v) is 14.7. The van der Waals surface area contributed by atoms with Crippen LogP contribution in [0.3, 0.4) is 0 Å². The highest BCUT2D eigenvalue weighted by molar-refractivity contribution is 5.87. The lowest BCUT2D eigenvalue weighted by atomic mass is 9.85. The fraction of sp³-hybridized carbons (Fsp3) is 0.564. The highest BCUT2D eigenvalue weighted by Gasteiger charge is 2.51. The number of nitrogens with zero attached hydrogens (tertiary/aromatic N) is 3. The lowest BCUT2D eigenvalue weighted by Gasteiger charge is -2.43. The van der Waals surface area contributed by atoms with Gasteiger partial charge < -0.3 is 10.2 Å². The largest absolute Gasteiger partial charge is 0.383 e. The van der Waals surface area contributed by atoms with Crippen molar-refractivity contribution in [2.24, 2.45) is 5.92 Å². The fourth-order valence-corrected chi connectivity index (χ4v) is 7.66. The third kappa shape index (κ3) is 6.76. The Kier molecular flexibility index (Phi) is 9.89. The van der Waals surface area contributed by atoms with E-state index in [9.17, 15) is 4.79 Å². The molecule has 1 N–H and O–H groups in total. The molecule has 5 nitrogen and oxygen atoms in total. The minimum atomic E-state index is 0.326. The normalized spacial score (nSPS) is 21.1. The van der Waals surface area contributed by atoms with Crippen LogP contribution in [-0.4, -0.2) is 66.8 Å². The summed E-state index contributed by atoms with van der Waals surface area (Å²) < 4.78 is 0. The maximum absolute atomic E-state index is 11.7. The van der Waals surface area contributed by atoms with Gasteiger partial charge in [0, 0.05) is 70.2 Å². The summed E-state index contributed by atoms with van der Waals surface area (Å²) >= 11 is 0. The highest BCUT2D eigenvalue weighted by atomic mass is 16.1. The van der Waals surface area contributed by atoms with Crippen LogP contribution in [0.5, 0.6) is 0 Å². The van der Waals surface area contributed by atoms with Crippen molar-refractivity contribution >= 4 is 11.9 Å². The Labute approximate surface area is 267 Å². The second kappa shape index (κ2) is 13.3. The van der Waals surface area contributed by atoms with Crippen LogP contribution < -0.4 is 5.32 Å². The molecule has 2 aromatic carbocycles. The molecule has 1 unspecified atom stereocenters. The Bertz CT molecular complexity index is 1430. The first-order valence-electron chi connectivity index (χ1n) is 16.9. The Balaban J connectivity index is 1.36. The molecule has 0 bridgehead atoms. The van der Waals surface area contributed by atoms with E-state index in [-0.39, 0.29) is 0 Å². The third-order valence-electron chi connectivity index (χ3n) is 10.5. The van der Waals surface area contributed by atoms with E-state index in [1.165, 1.54) is 40.7 Å². The van der Waals surface area contributed by atoms with Gasteiger partial charge in [-0.15, -0.1) is 0 Å². The summed E-state index contributed by atoms with van der Waals surface area (Å²) in [7, 11) is 4.10. The number of hydrogen-bond acceptors (Lipinski definition) is 5. The summed E-state index contributed by atoms with van der Waals surface area (Å²) in [4.78, 5) is 19.3. The number of benzene rings is 2. The van der Waals surface area contributed by atoms with Crippen LogP contribution >= 0.6 is 0 Å². The predicted octanol–water partition coefficient (Wildman–Crippen LogP) is 7.25. The lowest BCUT2D eigenvalue weighted by Crippen LogP contribution is -2.54. The monoisotopic (exact) mass is 596 g/mol. The number of fused-ring (bicyclic) bond motifs is 1. The molecule has 1 spiro atoms. The van der Waals surface area contributed by atoms with Crippen molar-refractivity contribution in [3.63, 3.8) is 0 Å². The van der Waals surface area contributed by atoms with E-state index in [1.807, 2.05) is 21.0 Å². The molecule has 44 heavy (non-hydrogen) atoms. The molecule has 0 aromatic heterocycles. The van der Waals surface area contributed by atoms with Gasteiger partial charge in [-0.05, 0) is 109 Å². The van der Waals surface area contributed by atoms with E-state index < -0.39 is 0 Å². The van der Waals surface area contributed by atoms with Crippen LogP contribution in [-0.2, 0) is 24.3 Å². The van der Waals surface area contributed by atoms with Crippen LogP contribution in [0, 0.1) is 12.8 Å². The number of hydrogen-bond donors (Lipinski definition) is 1. The number of allylic oxidation sites excluding steroid dienone is 3. The quantitative estimate of drug-likeness (QED) is 0.178. The fourth-order valence-electron chi connectivity index (χ4n) is 7.66. The van der Waals surface area contributed by atoms with Gasteiger partial charge in [-0.2, -0.15) is 0 Å². The molecule has 238 valence electrons. The molecular weight excluding hydrogens is 540 g/mol. The minimum absolute atomic E-state index is 0.326. The Hall–Kier alpha value is -2.73. The number of carbonyl (C=O) groups is 1. The molecule has 2 heterocycles. The number of piperazine rings is 1. The summed E-state index contributed by atoms with van der Waals surface area (Å²) in [6.07, 6.45) is 6.89. The van der Waals surface area contributed by atoms with Crippen LogP contribution in [0.25, 0.3) is 5.57 Å². The van der Waals surface area contributed by atoms with E-state index >= 15 is 0 Å². The summed E-state index contributed by atoms with van der Waals surface area (Å²) in [6, 6.07) is 12.3. The maximum atomic E-state index is 11.7. The smallest absolute Gasteiger partial charge is 0.146 e. The molecule has 0 amide bonds. The van der Waals surface area contributed by atoms with Crippen molar-refractivity contribution < 1.29 is 4.79 Å². The van der Waals surface area contributed by atoms with Gasteiger partial charge in [-0.1, -0.05) is 58.0 Å². The van der Waals surface area contributed by atoms with Gasteiger partial charge in [0.25, 0.3) is 0 Å². The number of nitrogens with one attached hydrogen (secondary N) is 1. The van der Waals surface area contributed by atoms with E-state index in [4.69, 9.17) is 0 Å². The highest BCUT2D eigenvalue weighted by Crippen LogP contribution is 2.46. The predicted molar refractivity (Wildman–Crippen MR) is 185 cm³/mol. The van der Waals surface area contributed by atoms with Crippen LogP contribution in [0.4, 0.5) is 0 Å². The molecule has 2 aliphatic heterocycles. The second-order valence-electron chi connectivity index (χ2n) is 14.7. The first kappa shape index (κ1) is 32.7. The molecule has 1 saturated heterocycles. The average molecular weight is 597 g/mol. The zero-order chi connectivity index (χ0) is 31.8. The summed E-state index contributed by atoms with van der Waals surface area (Å²) in [5.41, 5.74) is 13.4. The Morgan fingerprint density at radius 1 is 1.09 bits per heavy atom. The van der Waals surface area contributed by atoms with Gasteiger partial charge in [0.2, 0.25) is 0 Å². The molecule has 3 aliphatic rings. The molecule has 5 heteroatoms. The first-order valence-corrected chi connectivity index (χ1v) is 16.9. The molecule has 2 aromatic rings. The van der Waals surface area contributed by atoms with Crippen molar-refractivity contribution in [1.82, 2.24) is 20.0 Å². The zero-order valence-corrected chi connectivity index (χ0v) is 28.9. The maximum Gasteiger partial charge on any atom is 0.146 e. The first-order chi connectivity index (χ1) is 20.9. The van der Waals surface area contributed by atoms with Gasteiger partial charge >= 0.3 is 0 Å². The Morgan fingerprint density at radius 3 is 2.48 bits per heavy atom. The molecule has 0 radical (unpaired) electrons. The molecular formula is C39H56N4O. The van der Waals surface area contributed by atoms with Crippen LogP contribution in [0.1, 0.15) is 105 Å². The van der Waals surface area contributed by atoms with E-state index in [0.717, 1.165) is 68.7 Å². The topological polar surface area (TPSA) is 38.8 Å². The van der Waals surface area contributed by atoms with E-state index in [0.29, 0.717) is 23.4 Å². The summed E-state index contributed by atoms with van der Waals surface area (Å²) in [6.45, 7) is 22.1. The van der Waals surface area contributed by atoms with Gasteiger partial charge in [-0.3, -0.25) is 14.6 Å². The van der Waals surface area contributed by atoms with Gasteiger partial charge in [0.15, 0.2) is 0 Å². The minimum Gasteiger partial charge on any atom is -0.383 e. The standard InChI is InChI=1S/C39H56N4O/c1-26(2)35-20-32(37(22-41(8)9)30(7)29(6)24-44)19-28(5)36(35)23-42-17-18-43(39(25-42)14-15-39)21-31-11-10-12-34-33(31)13-16-40-38(34)27(3)4/h10-12,19-20,22,24,26-27,38,40H,13-18,21,23,25H2,1-9H3/b30-29-,37-22?. The van der Waals surface area contributed by atoms with Crippen molar-refractivity contribution in [2.45, 2.75) is 98.3 Å². The summed E-state index contributed by atoms with van der Waals surface area (Å²) in [5, 5.41) is 3.77. The van der Waals surface area contributed by atoms with Crippen molar-refractivity contribution in [1.29, 1.82) is 0 Å². The third-order valence-corrected chi connectivity index (χ3v) is 10.5. The van der Waals surface area contributed by atoms with Gasteiger partial charge in [-0.25, -0.2) is 0 Å². The zero-order valence-electron chi connectivity index (χ0n) is 28.9. The van der Waals surface area contributed by atoms with Crippen molar-refractivity contribution in [2.75, 3.05) is 40.3 Å².